The summed E-state index contributed by atoms with van der Waals surface area (Å²) in [5.74, 6) is 1.29. The maximum absolute atomic E-state index is 12.6. The molecule has 1 aromatic heterocycles. The van der Waals surface area contributed by atoms with Gasteiger partial charge < -0.3 is 0 Å². The van der Waals surface area contributed by atoms with E-state index in [9.17, 15) is 9.59 Å². The molecule has 1 saturated heterocycles. The van der Waals surface area contributed by atoms with Crippen LogP contribution in [0, 0.1) is 18.8 Å². The van der Waals surface area contributed by atoms with Crippen molar-refractivity contribution in [3.63, 3.8) is 0 Å². The Morgan fingerprint density at radius 1 is 1.13 bits per heavy atom. The summed E-state index contributed by atoms with van der Waals surface area (Å²) in [7, 11) is 0. The summed E-state index contributed by atoms with van der Waals surface area (Å²) in [6, 6.07) is 10.6. The molecule has 1 N–H and O–H groups in total. The lowest BCUT2D eigenvalue weighted by molar-refractivity contribution is -0.117. The van der Waals surface area contributed by atoms with Gasteiger partial charge in [0.05, 0.1) is 23.5 Å². The first-order chi connectivity index (χ1) is 14.5. The fraction of sp³-hybridized carbons (Fsp3) is 0.500. The zero-order chi connectivity index (χ0) is 21.1. The monoisotopic (exact) mass is 406 g/mol. The number of rotatable bonds is 5. The maximum atomic E-state index is 12.6. The summed E-state index contributed by atoms with van der Waals surface area (Å²) in [4.78, 5) is 35.9. The molecule has 1 aliphatic heterocycles. The lowest BCUT2D eigenvalue weighted by atomic mass is 9.86. The number of carbonyl (C=O) groups is 2. The molecule has 0 saturated carbocycles. The quantitative estimate of drug-likeness (QED) is 0.823. The molecule has 0 bridgehead atoms. The van der Waals surface area contributed by atoms with Crippen LogP contribution in [-0.4, -0.2) is 46.2 Å². The van der Waals surface area contributed by atoms with Crippen molar-refractivity contribution in [1.29, 1.82) is 0 Å². The Morgan fingerprint density at radius 2 is 1.87 bits per heavy atom. The molecule has 1 amide bonds. The number of anilines is 1. The Kier molecular flexibility index (Phi) is 6.23. The molecule has 2 heterocycles. The third-order valence-electron chi connectivity index (χ3n) is 6.21. The molecule has 30 heavy (non-hydrogen) atoms. The van der Waals surface area contributed by atoms with Gasteiger partial charge >= 0.3 is 0 Å². The Bertz CT molecular complexity index is 920. The highest BCUT2D eigenvalue weighted by Crippen LogP contribution is 2.26. The van der Waals surface area contributed by atoms with Gasteiger partial charge in [-0.15, -0.1) is 0 Å². The molecule has 1 atom stereocenters. The SMILES string of the molecule is Cc1nc(NC(=O)CN2CCC(Cc3ccccc3)CC2)nc2c1C(=O)C[C@H](C)C2. The molecular formula is C24H30N4O2. The summed E-state index contributed by atoms with van der Waals surface area (Å²) in [6.07, 6.45) is 4.62. The van der Waals surface area contributed by atoms with E-state index in [-0.39, 0.29) is 17.6 Å². The number of nitrogens with zero attached hydrogens (tertiary/aromatic N) is 3. The second-order valence-corrected chi connectivity index (χ2v) is 8.85. The standard InChI is InChI=1S/C24H30N4O2/c1-16-12-20-23(21(29)13-16)17(2)25-24(26-20)27-22(30)15-28-10-8-19(9-11-28)14-18-6-4-3-5-7-18/h3-7,16,19H,8-15H2,1-2H3,(H,25,26,27,30)/t16-/m1/s1. The number of hydrogen-bond acceptors (Lipinski definition) is 5. The molecule has 1 aromatic carbocycles. The Balaban J connectivity index is 1.30. The van der Waals surface area contributed by atoms with Gasteiger partial charge in [-0.05, 0) is 63.1 Å². The second kappa shape index (κ2) is 9.04. The number of aromatic nitrogens is 2. The van der Waals surface area contributed by atoms with Crippen LogP contribution in [0.15, 0.2) is 30.3 Å². The lowest BCUT2D eigenvalue weighted by Gasteiger charge is -2.31. The fourth-order valence-corrected chi connectivity index (χ4v) is 4.68. The van der Waals surface area contributed by atoms with Crippen molar-refractivity contribution in [2.45, 2.75) is 46.0 Å². The largest absolute Gasteiger partial charge is 0.294 e. The predicted molar refractivity (Wildman–Crippen MR) is 117 cm³/mol. The number of amides is 1. The molecule has 0 spiro atoms. The predicted octanol–water partition coefficient (Wildman–Crippen LogP) is 3.44. The molecular weight excluding hydrogens is 376 g/mol. The summed E-state index contributed by atoms with van der Waals surface area (Å²) < 4.78 is 0. The van der Waals surface area contributed by atoms with Gasteiger partial charge in [0.25, 0.3) is 0 Å². The molecule has 6 heteroatoms. The van der Waals surface area contributed by atoms with E-state index < -0.39 is 0 Å². The minimum atomic E-state index is -0.0916. The van der Waals surface area contributed by atoms with Gasteiger partial charge in [-0.2, -0.15) is 0 Å². The van der Waals surface area contributed by atoms with E-state index in [2.05, 4.69) is 57.4 Å². The van der Waals surface area contributed by atoms with Crippen LogP contribution in [0.4, 0.5) is 5.95 Å². The number of ketones is 1. The third-order valence-corrected chi connectivity index (χ3v) is 6.21. The van der Waals surface area contributed by atoms with E-state index in [1.165, 1.54) is 5.56 Å². The van der Waals surface area contributed by atoms with Crippen molar-refractivity contribution in [2.75, 3.05) is 25.0 Å². The number of carbonyl (C=O) groups excluding carboxylic acids is 2. The lowest BCUT2D eigenvalue weighted by Crippen LogP contribution is -2.39. The van der Waals surface area contributed by atoms with Crippen LogP contribution in [0.25, 0.3) is 0 Å². The highest BCUT2D eigenvalue weighted by atomic mass is 16.2. The number of hydrogen-bond donors (Lipinski definition) is 1. The second-order valence-electron chi connectivity index (χ2n) is 8.85. The van der Waals surface area contributed by atoms with Crippen LogP contribution in [-0.2, 0) is 17.6 Å². The number of aryl methyl sites for hydroxylation is 1. The Hall–Kier alpha value is -2.60. The van der Waals surface area contributed by atoms with Crippen LogP contribution in [0.2, 0.25) is 0 Å². The van der Waals surface area contributed by atoms with Crippen molar-refractivity contribution in [3.8, 4) is 0 Å². The summed E-state index contributed by atoms with van der Waals surface area (Å²) >= 11 is 0. The molecule has 6 nitrogen and oxygen atoms in total. The topological polar surface area (TPSA) is 75.2 Å². The molecule has 0 radical (unpaired) electrons. The first-order valence-corrected chi connectivity index (χ1v) is 10.9. The summed E-state index contributed by atoms with van der Waals surface area (Å²) in [5.41, 5.74) is 3.46. The third kappa shape index (κ3) is 4.93. The van der Waals surface area contributed by atoms with Crippen LogP contribution in [0.5, 0.6) is 0 Å². The van der Waals surface area contributed by atoms with Crippen LogP contribution in [0.1, 0.15) is 53.5 Å². The maximum Gasteiger partial charge on any atom is 0.240 e. The van der Waals surface area contributed by atoms with Gasteiger partial charge in [0.1, 0.15) is 0 Å². The van der Waals surface area contributed by atoms with Gasteiger partial charge in [0.15, 0.2) is 5.78 Å². The van der Waals surface area contributed by atoms with Crippen molar-refractivity contribution >= 4 is 17.6 Å². The Labute approximate surface area is 178 Å². The number of fused-ring (bicyclic) bond motifs is 1. The van der Waals surface area contributed by atoms with Gasteiger partial charge in [0, 0.05) is 6.42 Å². The van der Waals surface area contributed by atoms with Gasteiger partial charge in [-0.3, -0.25) is 19.8 Å². The summed E-state index contributed by atoms with van der Waals surface area (Å²) in [5, 5.41) is 2.85. The van der Waals surface area contributed by atoms with E-state index in [1.54, 1.807) is 0 Å². The molecule has 158 valence electrons. The van der Waals surface area contributed by atoms with Crippen molar-refractivity contribution in [2.24, 2.45) is 11.8 Å². The molecule has 2 aliphatic rings. The van der Waals surface area contributed by atoms with Crippen LogP contribution >= 0.6 is 0 Å². The normalized spacial score (nSPS) is 20.1. The summed E-state index contributed by atoms with van der Waals surface area (Å²) in [6.45, 7) is 6.09. The minimum absolute atomic E-state index is 0.0916. The number of benzene rings is 1. The average molecular weight is 407 g/mol. The zero-order valence-electron chi connectivity index (χ0n) is 17.9. The van der Waals surface area contributed by atoms with Crippen LogP contribution < -0.4 is 5.32 Å². The molecule has 0 unspecified atom stereocenters. The molecule has 1 aliphatic carbocycles. The van der Waals surface area contributed by atoms with Gasteiger partial charge in [-0.25, -0.2) is 9.97 Å². The molecule has 4 rings (SSSR count). The van der Waals surface area contributed by atoms with E-state index in [0.717, 1.165) is 44.5 Å². The Morgan fingerprint density at radius 3 is 2.60 bits per heavy atom. The number of nitrogens with one attached hydrogen (secondary N) is 1. The van der Waals surface area contributed by atoms with E-state index in [1.807, 2.05) is 6.92 Å². The van der Waals surface area contributed by atoms with Crippen molar-refractivity contribution in [1.82, 2.24) is 14.9 Å². The van der Waals surface area contributed by atoms with E-state index in [0.29, 0.717) is 36.1 Å². The minimum Gasteiger partial charge on any atom is -0.294 e. The van der Waals surface area contributed by atoms with Crippen molar-refractivity contribution < 1.29 is 9.59 Å². The molecule has 1 fully saturated rings. The average Bonchev–Trinajstić information content (AvgIpc) is 2.69. The van der Waals surface area contributed by atoms with Crippen molar-refractivity contribution in [3.05, 3.63) is 52.8 Å². The first-order valence-electron chi connectivity index (χ1n) is 10.9. The van der Waals surface area contributed by atoms with E-state index in [4.69, 9.17) is 0 Å². The van der Waals surface area contributed by atoms with Crippen LogP contribution in [0.3, 0.4) is 0 Å². The number of piperidine rings is 1. The number of likely N-dealkylation sites (tertiary alicyclic amines) is 1. The van der Waals surface area contributed by atoms with Gasteiger partial charge in [-0.1, -0.05) is 37.3 Å². The first kappa shape index (κ1) is 20.7. The zero-order valence-corrected chi connectivity index (χ0v) is 17.9. The highest BCUT2D eigenvalue weighted by Gasteiger charge is 2.27. The highest BCUT2D eigenvalue weighted by molar-refractivity contribution is 5.99. The van der Waals surface area contributed by atoms with Gasteiger partial charge in [0.2, 0.25) is 11.9 Å². The smallest absolute Gasteiger partial charge is 0.240 e. The van der Waals surface area contributed by atoms with E-state index >= 15 is 0 Å². The fourth-order valence-electron chi connectivity index (χ4n) is 4.68. The number of Topliss-reactive ketones (excluding diaryl/α,β-unsaturated/α-hetero) is 1. The molecule has 2 aromatic rings.